The fourth-order valence-corrected chi connectivity index (χ4v) is 2.57. The molecule has 0 aliphatic carbocycles. The minimum Gasteiger partial charge on any atom is -0.341 e. The van der Waals surface area contributed by atoms with Crippen LogP contribution < -0.4 is 10.2 Å². The largest absolute Gasteiger partial charge is 0.341 e. The number of carbonyl (C=O) groups is 1. The van der Waals surface area contributed by atoms with E-state index >= 15 is 0 Å². The average molecular weight is 317 g/mol. The van der Waals surface area contributed by atoms with E-state index in [0.29, 0.717) is 16.3 Å². The number of nitrogens with zero attached hydrogens (tertiary/aromatic N) is 3. The lowest BCUT2D eigenvalue weighted by atomic mass is 10.1. The molecule has 1 fully saturated rings. The average Bonchev–Trinajstić information content (AvgIpc) is 2.57. The maximum atomic E-state index is 12.1. The first-order chi connectivity index (χ1) is 10.7. The summed E-state index contributed by atoms with van der Waals surface area (Å²) in [5.41, 5.74) is 1.13. The van der Waals surface area contributed by atoms with Crippen LogP contribution in [0.2, 0.25) is 5.02 Å². The summed E-state index contributed by atoms with van der Waals surface area (Å²) in [5, 5.41) is 3.38. The van der Waals surface area contributed by atoms with Gasteiger partial charge >= 0.3 is 0 Å². The number of amides is 1. The Labute approximate surface area is 134 Å². The van der Waals surface area contributed by atoms with Gasteiger partial charge in [-0.2, -0.15) is 0 Å². The van der Waals surface area contributed by atoms with Crippen molar-refractivity contribution in [3.05, 3.63) is 47.2 Å². The molecule has 1 aliphatic rings. The molecule has 6 heteroatoms. The molecule has 0 saturated carbocycles. The topological polar surface area (TPSA) is 58.1 Å². The van der Waals surface area contributed by atoms with Gasteiger partial charge in [-0.15, -0.1) is 0 Å². The number of nitrogens with one attached hydrogen (secondary N) is 1. The highest BCUT2D eigenvalue weighted by atomic mass is 35.5. The van der Waals surface area contributed by atoms with E-state index in [1.165, 1.54) is 19.3 Å². The van der Waals surface area contributed by atoms with E-state index in [9.17, 15) is 4.79 Å². The first-order valence-electron chi connectivity index (χ1n) is 7.36. The molecule has 2 heterocycles. The smallest absolute Gasteiger partial charge is 0.255 e. The minimum atomic E-state index is -0.203. The molecule has 0 radical (unpaired) electrons. The van der Waals surface area contributed by atoms with Crippen LogP contribution in [-0.4, -0.2) is 29.0 Å². The summed E-state index contributed by atoms with van der Waals surface area (Å²) in [4.78, 5) is 23.0. The van der Waals surface area contributed by atoms with Gasteiger partial charge in [-0.3, -0.25) is 4.79 Å². The Bertz CT molecular complexity index is 636. The second kappa shape index (κ2) is 6.75. The van der Waals surface area contributed by atoms with Crippen molar-refractivity contribution in [2.75, 3.05) is 23.3 Å². The maximum absolute atomic E-state index is 12.1. The normalized spacial score (nSPS) is 14.7. The summed E-state index contributed by atoms with van der Waals surface area (Å²) in [6.45, 7) is 1.99. The summed E-state index contributed by atoms with van der Waals surface area (Å²) in [6.07, 6.45) is 6.91. The van der Waals surface area contributed by atoms with Crippen LogP contribution >= 0.6 is 11.6 Å². The van der Waals surface area contributed by atoms with Crippen molar-refractivity contribution in [3.8, 4) is 0 Å². The van der Waals surface area contributed by atoms with Gasteiger partial charge in [0.15, 0.2) is 0 Å². The molecule has 0 atom stereocenters. The Morgan fingerprint density at radius 1 is 1.05 bits per heavy atom. The molecule has 3 rings (SSSR count). The number of hydrogen-bond acceptors (Lipinski definition) is 4. The third-order valence-electron chi connectivity index (χ3n) is 3.64. The van der Waals surface area contributed by atoms with Crippen molar-refractivity contribution < 1.29 is 4.79 Å². The quantitative estimate of drug-likeness (QED) is 0.943. The predicted octanol–water partition coefficient (Wildman–Crippen LogP) is 3.37. The van der Waals surface area contributed by atoms with E-state index in [2.05, 4.69) is 20.2 Å². The molecule has 1 N–H and O–H groups in total. The first kappa shape index (κ1) is 14.8. The zero-order valence-electron chi connectivity index (χ0n) is 12.1. The highest BCUT2D eigenvalue weighted by Crippen LogP contribution is 2.17. The van der Waals surface area contributed by atoms with E-state index in [4.69, 9.17) is 11.6 Å². The molecular formula is C16H17ClN4O. The van der Waals surface area contributed by atoms with Crippen molar-refractivity contribution in [2.45, 2.75) is 19.3 Å². The number of piperidine rings is 1. The molecule has 1 aromatic carbocycles. The molecule has 114 valence electrons. The van der Waals surface area contributed by atoms with Crippen LogP contribution in [0.5, 0.6) is 0 Å². The van der Waals surface area contributed by atoms with Gasteiger partial charge in [-0.25, -0.2) is 9.97 Å². The standard InChI is InChI=1S/C16H17ClN4O/c17-13-6-4-12(5-7-13)15(22)20-14-10-18-16(19-11-14)21-8-2-1-3-9-21/h4-7,10-11H,1-3,8-9H2,(H,20,22). The van der Waals surface area contributed by atoms with Crippen LogP contribution in [0.25, 0.3) is 0 Å². The zero-order chi connectivity index (χ0) is 15.4. The summed E-state index contributed by atoms with van der Waals surface area (Å²) >= 11 is 5.81. The monoisotopic (exact) mass is 316 g/mol. The van der Waals surface area contributed by atoms with Crippen molar-refractivity contribution in [3.63, 3.8) is 0 Å². The van der Waals surface area contributed by atoms with Gasteiger partial charge in [0.2, 0.25) is 5.95 Å². The van der Waals surface area contributed by atoms with Crippen molar-refractivity contribution in [1.29, 1.82) is 0 Å². The van der Waals surface area contributed by atoms with Crippen LogP contribution in [0.3, 0.4) is 0 Å². The van der Waals surface area contributed by atoms with Crippen LogP contribution in [0.15, 0.2) is 36.7 Å². The predicted molar refractivity (Wildman–Crippen MR) is 87.5 cm³/mol. The Hall–Kier alpha value is -2.14. The van der Waals surface area contributed by atoms with Crippen molar-refractivity contribution in [1.82, 2.24) is 9.97 Å². The Balaban J connectivity index is 1.65. The summed E-state index contributed by atoms with van der Waals surface area (Å²) in [5.74, 6) is 0.523. The fraction of sp³-hybridized carbons (Fsp3) is 0.312. The van der Waals surface area contributed by atoms with Gasteiger partial charge in [0, 0.05) is 23.7 Å². The van der Waals surface area contributed by atoms with Gasteiger partial charge < -0.3 is 10.2 Å². The Kier molecular flexibility index (Phi) is 4.53. The maximum Gasteiger partial charge on any atom is 0.255 e. The second-order valence-electron chi connectivity index (χ2n) is 5.28. The molecule has 0 unspecified atom stereocenters. The summed E-state index contributed by atoms with van der Waals surface area (Å²) < 4.78 is 0. The molecular weight excluding hydrogens is 300 g/mol. The molecule has 1 saturated heterocycles. The van der Waals surface area contributed by atoms with E-state index in [-0.39, 0.29) is 5.91 Å². The van der Waals surface area contributed by atoms with Gasteiger partial charge in [-0.1, -0.05) is 11.6 Å². The van der Waals surface area contributed by atoms with E-state index in [0.717, 1.165) is 19.0 Å². The zero-order valence-corrected chi connectivity index (χ0v) is 12.9. The van der Waals surface area contributed by atoms with Crippen LogP contribution in [0.4, 0.5) is 11.6 Å². The highest BCUT2D eigenvalue weighted by Gasteiger charge is 2.13. The Morgan fingerprint density at radius 2 is 1.68 bits per heavy atom. The van der Waals surface area contributed by atoms with Gasteiger partial charge in [0.25, 0.3) is 5.91 Å². The molecule has 1 aliphatic heterocycles. The molecule has 0 spiro atoms. The second-order valence-corrected chi connectivity index (χ2v) is 5.72. The molecule has 2 aromatic rings. The summed E-state index contributed by atoms with van der Waals surface area (Å²) in [6, 6.07) is 6.74. The van der Waals surface area contributed by atoms with Crippen molar-refractivity contribution in [2.24, 2.45) is 0 Å². The number of benzene rings is 1. The van der Waals surface area contributed by atoms with Gasteiger partial charge in [0.05, 0.1) is 18.1 Å². The number of rotatable bonds is 3. The minimum absolute atomic E-state index is 0.203. The third kappa shape index (κ3) is 3.54. The molecule has 22 heavy (non-hydrogen) atoms. The molecule has 5 nitrogen and oxygen atoms in total. The Morgan fingerprint density at radius 3 is 2.32 bits per heavy atom. The number of carbonyl (C=O) groups excluding carboxylic acids is 1. The lowest BCUT2D eigenvalue weighted by Gasteiger charge is -2.26. The fourth-order valence-electron chi connectivity index (χ4n) is 2.45. The number of aromatic nitrogens is 2. The van der Waals surface area contributed by atoms with Crippen LogP contribution in [0.1, 0.15) is 29.6 Å². The highest BCUT2D eigenvalue weighted by molar-refractivity contribution is 6.30. The van der Waals surface area contributed by atoms with Gasteiger partial charge in [-0.05, 0) is 43.5 Å². The number of anilines is 2. The summed E-state index contributed by atoms with van der Waals surface area (Å²) in [7, 11) is 0. The van der Waals surface area contributed by atoms with E-state index < -0.39 is 0 Å². The third-order valence-corrected chi connectivity index (χ3v) is 3.89. The van der Waals surface area contributed by atoms with Crippen LogP contribution in [0, 0.1) is 0 Å². The first-order valence-corrected chi connectivity index (χ1v) is 7.74. The van der Waals surface area contributed by atoms with Crippen molar-refractivity contribution >= 4 is 29.1 Å². The lowest BCUT2D eigenvalue weighted by Crippen LogP contribution is -2.30. The van der Waals surface area contributed by atoms with Gasteiger partial charge in [0.1, 0.15) is 0 Å². The SMILES string of the molecule is O=C(Nc1cnc(N2CCCCC2)nc1)c1ccc(Cl)cc1. The lowest BCUT2D eigenvalue weighted by molar-refractivity contribution is 0.102. The molecule has 0 bridgehead atoms. The molecule has 1 aromatic heterocycles. The van der Waals surface area contributed by atoms with E-state index in [1.54, 1.807) is 36.7 Å². The molecule has 1 amide bonds. The number of halogens is 1. The van der Waals surface area contributed by atoms with Crippen LogP contribution in [-0.2, 0) is 0 Å². The van der Waals surface area contributed by atoms with E-state index in [1.807, 2.05) is 0 Å². The number of hydrogen-bond donors (Lipinski definition) is 1.